The van der Waals surface area contributed by atoms with Crippen molar-refractivity contribution >= 4 is 33.2 Å². The second kappa shape index (κ2) is 5.21. The number of aliphatic imine (C=N–C) groups is 1. The lowest BCUT2D eigenvalue weighted by Crippen LogP contribution is -2.39. The molecule has 2 aromatic rings. The molecule has 0 amide bonds. The molecule has 0 bridgehead atoms. The quantitative estimate of drug-likeness (QED) is 0.921. The molecule has 2 aromatic heterocycles. The van der Waals surface area contributed by atoms with Gasteiger partial charge in [0.25, 0.3) is 5.56 Å². The topological polar surface area (TPSA) is 58.8 Å². The molecular formula is C13H16N4OS2. The average Bonchev–Trinajstić information content (AvgIpc) is 2.86. The molecule has 0 radical (unpaired) electrons. The van der Waals surface area contributed by atoms with Crippen molar-refractivity contribution in [2.45, 2.75) is 19.6 Å². The lowest BCUT2D eigenvalue weighted by atomic mass is 9.93. The van der Waals surface area contributed by atoms with Gasteiger partial charge in [0.15, 0.2) is 10.1 Å². The van der Waals surface area contributed by atoms with Gasteiger partial charge in [0, 0.05) is 41.9 Å². The van der Waals surface area contributed by atoms with E-state index in [1.807, 2.05) is 5.38 Å². The van der Waals surface area contributed by atoms with Crippen LogP contribution in [0, 0.1) is 5.41 Å². The van der Waals surface area contributed by atoms with Crippen molar-refractivity contribution < 1.29 is 0 Å². The summed E-state index contributed by atoms with van der Waals surface area (Å²) in [6.07, 6.45) is 1.75. The van der Waals surface area contributed by atoms with Gasteiger partial charge in [0.2, 0.25) is 0 Å². The van der Waals surface area contributed by atoms with Gasteiger partial charge in [-0.05, 0) is 0 Å². The lowest BCUT2D eigenvalue weighted by molar-refractivity contribution is 0.364. The van der Waals surface area contributed by atoms with Gasteiger partial charge in [0.05, 0.1) is 5.69 Å². The van der Waals surface area contributed by atoms with E-state index in [0.29, 0.717) is 5.75 Å². The highest BCUT2D eigenvalue weighted by atomic mass is 32.2. The summed E-state index contributed by atoms with van der Waals surface area (Å²) in [7, 11) is 0. The smallest absolute Gasteiger partial charge is 0.258 e. The molecule has 1 aliphatic heterocycles. The van der Waals surface area contributed by atoms with Gasteiger partial charge in [-0.3, -0.25) is 14.2 Å². The Morgan fingerprint density at radius 3 is 3.15 bits per heavy atom. The highest BCUT2D eigenvalue weighted by Crippen LogP contribution is 2.21. The first-order valence-electron chi connectivity index (χ1n) is 6.40. The number of aromatic nitrogens is 2. The van der Waals surface area contributed by atoms with Gasteiger partial charge >= 0.3 is 0 Å². The number of amidine groups is 1. The monoisotopic (exact) mass is 308 g/mol. The molecule has 3 rings (SSSR count). The van der Waals surface area contributed by atoms with Crippen LogP contribution in [-0.2, 0) is 5.75 Å². The van der Waals surface area contributed by atoms with Crippen molar-refractivity contribution in [1.82, 2.24) is 14.7 Å². The van der Waals surface area contributed by atoms with Crippen molar-refractivity contribution in [2.75, 3.05) is 13.1 Å². The van der Waals surface area contributed by atoms with Crippen molar-refractivity contribution in [3.05, 3.63) is 33.7 Å². The minimum atomic E-state index is -0.0217. The Morgan fingerprint density at radius 2 is 2.40 bits per heavy atom. The SMILES string of the molecule is CC1(C)CN=C(SCc2cc(=O)n3ccsc3n2)NC1. The predicted molar refractivity (Wildman–Crippen MR) is 84.7 cm³/mol. The lowest BCUT2D eigenvalue weighted by Gasteiger charge is -2.28. The normalized spacial score (nSPS) is 17.8. The van der Waals surface area contributed by atoms with Crippen molar-refractivity contribution in [3.8, 4) is 0 Å². The first-order chi connectivity index (χ1) is 9.53. The van der Waals surface area contributed by atoms with E-state index in [0.717, 1.165) is 28.9 Å². The molecule has 1 aliphatic rings. The number of hydrogen-bond donors (Lipinski definition) is 1. The Labute approximate surface area is 125 Å². The Hall–Kier alpha value is -1.34. The van der Waals surface area contributed by atoms with Gasteiger partial charge in [-0.25, -0.2) is 4.98 Å². The van der Waals surface area contributed by atoms with E-state index in [4.69, 9.17) is 0 Å². The number of rotatable bonds is 2. The molecule has 1 N–H and O–H groups in total. The van der Waals surface area contributed by atoms with Gasteiger partial charge < -0.3 is 5.32 Å². The summed E-state index contributed by atoms with van der Waals surface area (Å²) in [5.41, 5.74) is 1.00. The van der Waals surface area contributed by atoms with Crippen LogP contribution in [0.3, 0.4) is 0 Å². The maximum Gasteiger partial charge on any atom is 0.258 e. The predicted octanol–water partition coefficient (Wildman–Crippen LogP) is 1.97. The molecule has 106 valence electrons. The fraction of sp³-hybridized carbons (Fsp3) is 0.462. The molecule has 0 fully saturated rings. The summed E-state index contributed by atoms with van der Waals surface area (Å²) in [4.78, 5) is 21.6. The Morgan fingerprint density at radius 1 is 1.55 bits per heavy atom. The molecule has 0 unspecified atom stereocenters. The van der Waals surface area contributed by atoms with E-state index in [9.17, 15) is 4.79 Å². The van der Waals surface area contributed by atoms with E-state index in [2.05, 4.69) is 29.1 Å². The van der Waals surface area contributed by atoms with Crippen LogP contribution in [0.4, 0.5) is 0 Å². The zero-order chi connectivity index (χ0) is 14.2. The van der Waals surface area contributed by atoms with Crippen LogP contribution in [0.5, 0.6) is 0 Å². The highest BCUT2D eigenvalue weighted by Gasteiger charge is 2.22. The molecule has 0 saturated heterocycles. The minimum Gasteiger partial charge on any atom is -0.364 e. The second-order valence-electron chi connectivity index (χ2n) is 5.57. The largest absolute Gasteiger partial charge is 0.364 e. The molecule has 7 heteroatoms. The van der Waals surface area contributed by atoms with Gasteiger partial charge in [-0.2, -0.15) is 0 Å². The van der Waals surface area contributed by atoms with Gasteiger partial charge in [0.1, 0.15) is 0 Å². The Kier molecular flexibility index (Phi) is 3.55. The third-order valence-electron chi connectivity index (χ3n) is 3.08. The maximum absolute atomic E-state index is 11.9. The summed E-state index contributed by atoms with van der Waals surface area (Å²) >= 11 is 3.08. The zero-order valence-electron chi connectivity index (χ0n) is 11.4. The molecular weight excluding hydrogens is 292 g/mol. The molecule has 0 aliphatic carbocycles. The number of thiazole rings is 1. The summed E-state index contributed by atoms with van der Waals surface area (Å²) in [6.45, 7) is 6.15. The van der Waals surface area contributed by atoms with E-state index >= 15 is 0 Å². The fourth-order valence-corrected chi connectivity index (χ4v) is 3.41. The number of nitrogens with zero attached hydrogens (tertiary/aromatic N) is 3. The summed E-state index contributed by atoms with van der Waals surface area (Å²) in [5.74, 6) is 0.663. The summed E-state index contributed by atoms with van der Waals surface area (Å²) in [6, 6.07) is 1.60. The van der Waals surface area contributed by atoms with Crippen LogP contribution < -0.4 is 10.9 Å². The average molecular weight is 308 g/mol. The second-order valence-corrected chi connectivity index (χ2v) is 7.41. The van der Waals surface area contributed by atoms with Crippen molar-refractivity contribution in [2.24, 2.45) is 10.4 Å². The number of hydrogen-bond acceptors (Lipinski definition) is 6. The fourth-order valence-electron chi connectivity index (χ4n) is 1.91. The van der Waals surface area contributed by atoms with Crippen LogP contribution in [0.1, 0.15) is 19.5 Å². The van der Waals surface area contributed by atoms with E-state index in [1.165, 1.54) is 11.3 Å². The molecule has 20 heavy (non-hydrogen) atoms. The third-order valence-corrected chi connectivity index (χ3v) is 4.83. The number of fused-ring (bicyclic) bond motifs is 1. The molecule has 5 nitrogen and oxygen atoms in total. The minimum absolute atomic E-state index is 0.0217. The number of thioether (sulfide) groups is 1. The van der Waals surface area contributed by atoms with Gasteiger partial charge in [-0.15, -0.1) is 11.3 Å². The summed E-state index contributed by atoms with van der Waals surface area (Å²) in [5, 5.41) is 6.14. The van der Waals surface area contributed by atoms with Crippen LogP contribution in [0.15, 0.2) is 27.4 Å². The third kappa shape index (κ3) is 2.88. The Balaban J connectivity index is 1.71. The van der Waals surface area contributed by atoms with Crippen LogP contribution in [-0.4, -0.2) is 27.6 Å². The first-order valence-corrected chi connectivity index (χ1v) is 8.27. The molecule has 3 heterocycles. The number of nitrogens with one attached hydrogen (secondary N) is 1. The molecule has 0 atom stereocenters. The van der Waals surface area contributed by atoms with Crippen LogP contribution in [0.2, 0.25) is 0 Å². The van der Waals surface area contributed by atoms with E-state index in [1.54, 1.807) is 28.4 Å². The summed E-state index contributed by atoms with van der Waals surface area (Å²) < 4.78 is 1.57. The molecule has 0 saturated carbocycles. The molecule has 0 spiro atoms. The van der Waals surface area contributed by atoms with Crippen LogP contribution >= 0.6 is 23.1 Å². The Bertz CT molecular complexity index is 716. The van der Waals surface area contributed by atoms with E-state index in [-0.39, 0.29) is 11.0 Å². The maximum atomic E-state index is 11.9. The van der Waals surface area contributed by atoms with Crippen molar-refractivity contribution in [3.63, 3.8) is 0 Å². The van der Waals surface area contributed by atoms with E-state index < -0.39 is 0 Å². The zero-order valence-corrected chi connectivity index (χ0v) is 13.1. The van der Waals surface area contributed by atoms with Crippen molar-refractivity contribution in [1.29, 1.82) is 0 Å². The van der Waals surface area contributed by atoms with Crippen LogP contribution in [0.25, 0.3) is 4.96 Å². The standard InChI is InChI=1S/C13H16N4OS2/c1-13(2)7-14-11(15-8-13)20-6-9-5-10(18)17-3-4-19-12(17)16-9/h3-5H,6-8H2,1-2H3,(H,14,15). The first kappa shape index (κ1) is 13.6. The van der Waals surface area contributed by atoms with Gasteiger partial charge in [-0.1, -0.05) is 25.6 Å². The highest BCUT2D eigenvalue weighted by molar-refractivity contribution is 8.13. The molecule has 0 aromatic carbocycles.